The van der Waals surface area contributed by atoms with E-state index < -0.39 is 5.92 Å². The van der Waals surface area contributed by atoms with Gasteiger partial charge in [0.05, 0.1) is 6.04 Å². The van der Waals surface area contributed by atoms with Crippen LogP contribution in [0.1, 0.15) is 67.9 Å². The van der Waals surface area contributed by atoms with Gasteiger partial charge in [-0.1, -0.05) is 18.3 Å². The maximum Gasteiger partial charge on any atom is 0.248 e. The van der Waals surface area contributed by atoms with Gasteiger partial charge in [0.15, 0.2) is 0 Å². The lowest BCUT2D eigenvalue weighted by molar-refractivity contribution is -0.0382. The molecule has 1 atom stereocenters. The van der Waals surface area contributed by atoms with Crippen molar-refractivity contribution in [1.82, 2.24) is 15.5 Å². The van der Waals surface area contributed by atoms with Gasteiger partial charge in [0, 0.05) is 18.8 Å². The molecule has 1 aliphatic carbocycles. The van der Waals surface area contributed by atoms with Crippen LogP contribution in [0, 0.1) is 0 Å². The highest BCUT2D eigenvalue weighted by atomic mass is 32.1. The fourth-order valence-corrected chi connectivity index (χ4v) is 3.36. The Morgan fingerprint density at radius 1 is 1.37 bits per heavy atom. The van der Waals surface area contributed by atoms with Gasteiger partial charge in [-0.05, 0) is 32.7 Å². The summed E-state index contributed by atoms with van der Waals surface area (Å²) in [5.41, 5.74) is 0. The van der Waals surface area contributed by atoms with Gasteiger partial charge < -0.3 is 5.32 Å². The van der Waals surface area contributed by atoms with Gasteiger partial charge in [-0.25, -0.2) is 8.78 Å². The minimum absolute atomic E-state index is 0.0176. The Morgan fingerprint density at radius 2 is 2.05 bits per heavy atom. The molecule has 1 N–H and O–H groups in total. The molecule has 1 aliphatic rings. The minimum atomic E-state index is -2.47. The molecule has 0 amide bonds. The van der Waals surface area contributed by atoms with Gasteiger partial charge in [-0.3, -0.25) is 0 Å². The zero-order valence-corrected chi connectivity index (χ0v) is 12.3. The van der Waals surface area contributed by atoms with E-state index in [1.807, 2.05) is 0 Å². The third-order valence-corrected chi connectivity index (χ3v) is 4.86. The third kappa shape index (κ3) is 3.92. The summed E-state index contributed by atoms with van der Waals surface area (Å²) in [6.45, 7) is 5.13. The molecule has 1 unspecified atom stereocenters. The largest absolute Gasteiger partial charge is 0.308 e. The van der Waals surface area contributed by atoms with Gasteiger partial charge >= 0.3 is 0 Å². The van der Waals surface area contributed by atoms with Crippen LogP contribution in [0.5, 0.6) is 0 Å². The molecule has 0 aromatic carbocycles. The highest BCUT2D eigenvalue weighted by molar-refractivity contribution is 7.11. The fraction of sp³-hybridized carbons (Fsp3) is 0.846. The maximum absolute atomic E-state index is 13.1. The van der Waals surface area contributed by atoms with E-state index in [-0.39, 0.29) is 24.8 Å². The molecule has 2 rings (SSSR count). The summed E-state index contributed by atoms with van der Waals surface area (Å²) >= 11 is 1.57. The molecule has 1 fully saturated rings. The summed E-state index contributed by atoms with van der Waals surface area (Å²) < 4.78 is 26.2. The molecule has 0 bridgehead atoms. The average Bonchev–Trinajstić information content (AvgIpc) is 2.85. The zero-order valence-electron chi connectivity index (χ0n) is 11.5. The Kier molecular flexibility index (Phi) is 4.84. The van der Waals surface area contributed by atoms with Crippen LogP contribution in [-0.4, -0.2) is 22.7 Å². The minimum Gasteiger partial charge on any atom is -0.308 e. The van der Waals surface area contributed by atoms with Gasteiger partial charge in [-0.15, -0.1) is 10.2 Å². The smallest absolute Gasteiger partial charge is 0.248 e. The SMILES string of the molecule is CCCNC(C)c1nnc(C2CCC(F)(F)CC2)s1. The molecule has 0 spiro atoms. The molecule has 19 heavy (non-hydrogen) atoms. The first-order valence-corrected chi connectivity index (χ1v) is 7.78. The van der Waals surface area contributed by atoms with Gasteiger partial charge in [0.1, 0.15) is 10.0 Å². The molecule has 1 aromatic heterocycles. The first-order chi connectivity index (χ1) is 9.02. The van der Waals surface area contributed by atoms with Crippen LogP contribution in [0.4, 0.5) is 8.78 Å². The van der Waals surface area contributed by atoms with Crippen LogP contribution in [0.15, 0.2) is 0 Å². The second-order valence-corrected chi connectivity index (χ2v) is 6.33. The van der Waals surface area contributed by atoms with Crippen molar-refractivity contribution in [3.05, 3.63) is 10.0 Å². The van der Waals surface area contributed by atoms with Crippen molar-refractivity contribution in [1.29, 1.82) is 0 Å². The van der Waals surface area contributed by atoms with Gasteiger partial charge in [0.25, 0.3) is 0 Å². The molecule has 0 radical (unpaired) electrons. The third-order valence-electron chi connectivity index (χ3n) is 3.59. The van der Waals surface area contributed by atoms with E-state index in [0.29, 0.717) is 12.8 Å². The number of halogens is 2. The summed E-state index contributed by atoms with van der Waals surface area (Å²) in [6, 6.07) is 0.191. The van der Waals surface area contributed by atoms with E-state index >= 15 is 0 Å². The molecule has 0 saturated heterocycles. The zero-order chi connectivity index (χ0) is 13.9. The Hall–Kier alpha value is -0.620. The van der Waals surface area contributed by atoms with Crippen LogP contribution in [0.2, 0.25) is 0 Å². The molecule has 1 saturated carbocycles. The molecule has 1 aromatic rings. The number of nitrogens with one attached hydrogen (secondary N) is 1. The number of alkyl halides is 2. The van der Waals surface area contributed by atoms with Crippen molar-refractivity contribution in [2.75, 3.05) is 6.54 Å². The lowest BCUT2D eigenvalue weighted by Gasteiger charge is -2.26. The van der Waals surface area contributed by atoms with Crippen LogP contribution < -0.4 is 5.32 Å². The Morgan fingerprint density at radius 3 is 2.68 bits per heavy atom. The topological polar surface area (TPSA) is 37.8 Å². The van der Waals surface area contributed by atoms with Crippen molar-refractivity contribution in [3.63, 3.8) is 0 Å². The van der Waals surface area contributed by atoms with Crippen LogP contribution in [0.25, 0.3) is 0 Å². The lowest BCUT2D eigenvalue weighted by Crippen LogP contribution is -2.23. The summed E-state index contributed by atoms with van der Waals surface area (Å²) in [5.74, 6) is -2.30. The molecule has 6 heteroatoms. The van der Waals surface area contributed by atoms with Crippen molar-refractivity contribution in [3.8, 4) is 0 Å². The molecule has 1 heterocycles. The lowest BCUT2D eigenvalue weighted by atomic mass is 9.87. The summed E-state index contributed by atoms with van der Waals surface area (Å²) in [4.78, 5) is 0. The number of rotatable bonds is 5. The van der Waals surface area contributed by atoms with E-state index in [1.165, 1.54) is 0 Å². The number of hydrogen-bond donors (Lipinski definition) is 1. The molecular weight excluding hydrogens is 268 g/mol. The van der Waals surface area contributed by atoms with E-state index in [4.69, 9.17) is 0 Å². The highest BCUT2D eigenvalue weighted by Gasteiger charge is 2.36. The monoisotopic (exact) mass is 289 g/mol. The number of hydrogen-bond acceptors (Lipinski definition) is 4. The highest BCUT2D eigenvalue weighted by Crippen LogP contribution is 2.41. The van der Waals surface area contributed by atoms with Crippen molar-refractivity contribution in [2.24, 2.45) is 0 Å². The van der Waals surface area contributed by atoms with Gasteiger partial charge in [0.2, 0.25) is 5.92 Å². The predicted molar refractivity (Wildman–Crippen MR) is 72.8 cm³/mol. The molecule has 0 aliphatic heterocycles. The predicted octanol–water partition coefficient (Wildman–Crippen LogP) is 3.89. The second kappa shape index (κ2) is 6.22. The number of nitrogens with zero attached hydrogens (tertiary/aromatic N) is 2. The molecule has 3 nitrogen and oxygen atoms in total. The fourth-order valence-electron chi connectivity index (χ4n) is 2.32. The molecule has 108 valence electrons. The number of aromatic nitrogens is 2. The second-order valence-electron chi connectivity index (χ2n) is 5.28. The van der Waals surface area contributed by atoms with Gasteiger partial charge in [-0.2, -0.15) is 0 Å². The normalized spacial score (nSPS) is 21.5. The first kappa shape index (κ1) is 14.8. The summed E-state index contributed by atoms with van der Waals surface area (Å²) in [7, 11) is 0. The van der Waals surface area contributed by atoms with E-state index in [0.717, 1.165) is 23.0 Å². The van der Waals surface area contributed by atoms with Crippen molar-refractivity contribution >= 4 is 11.3 Å². The summed E-state index contributed by atoms with van der Waals surface area (Å²) in [6.07, 6.45) is 2.09. The van der Waals surface area contributed by atoms with E-state index in [1.54, 1.807) is 11.3 Å². The van der Waals surface area contributed by atoms with Crippen molar-refractivity contribution in [2.45, 2.75) is 63.8 Å². The summed E-state index contributed by atoms with van der Waals surface area (Å²) in [5, 5.41) is 13.7. The van der Waals surface area contributed by atoms with Crippen molar-refractivity contribution < 1.29 is 8.78 Å². The molecular formula is C13H21F2N3S. The Balaban J connectivity index is 1.94. The van der Waals surface area contributed by atoms with E-state index in [9.17, 15) is 8.78 Å². The quantitative estimate of drug-likeness (QED) is 0.893. The average molecular weight is 289 g/mol. The van der Waals surface area contributed by atoms with E-state index in [2.05, 4.69) is 29.4 Å². The first-order valence-electron chi connectivity index (χ1n) is 6.96. The standard InChI is InChI=1S/C13H21F2N3S/c1-3-8-16-9(2)11-17-18-12(19-11)10-4-6-13(14,15)7-5-10/h9-10,16H,3-8H2,1-2H3. The van der Waals surface area contributed by atoms with Crippen LogP contribution in [0.3, 0.4) is 0 Å². The Labute approximate surface area is 116 Å². The van der Waals surface area contributed by atoms with Crippen LogP contribution >= 0.6 is 11.3 Å². The maximum atomic E-state index is 13.1. The Bertz CT molecular complexity index is 398. The van der Waals surface area contributed by atoms with Crippen LogP contribution in [-0.2, 0) is 0 Å².